The van der Waals surface area contributed by atoms with Gasteiger partial charge in [-0.25, -0.2) is 19.0 Å². The molecule has 11 nitrogen and oxygen atoms in total. The number of fused-ring (bicyclic) bond motifs is 1. The van der Waals surface area contributed by atoms with E-state index in [4.69, 9.17) is 24.7 Å². The lowest BCUT2D eigenvalue weighted by atomic mass is 9.94. The molecule has 1 aromatic carbocycles. The normalized spacial score (nSPS) is 18.7. The van der Waals surface area contributed by atoms with Crippen molar-refractivity contribution in [1.82, 2.24) is 9.88 Å². The van der Waals surface area contributed by atoms with Crippen LogP contribution in [0.25, 0.3) is 0 Å². The standard InChI is InChI=1S/C27H36FN3O4.C4H4O4/c1-34-14-15-35-24-6-2-4-21(16-24)22(17-25(32)33)18-31-13-11-27(28,19-31)10-9-23-8-7-20-5-3-12-29-26(20)30-23;5-3(6)1-2-4(7)8/h2,4,6-8,16,22H,3,5,9-15,17-19H2,1H3,(H,29,30)(H,32,33);1-2H,(H,5,6)(H,7,8)/b;2-1-/t22-,27+;/m1./s1. The Morgan fingerprint density at radius 1 is 1.14 bits per heavy atom. The minimum atomic E-state index is -1.29. The van der Waals surface area contributed by atoms with Crippen molar-refractivity contribution in [2.45, 2.75) is 50.1 Å². The van der Waals surface area contributed by atoms with Gasteiger partial charge in [0.25, 0.3) is 0 Å². The predicted molar refractivity (Wildman–Crippen MR) is 157 cm³/mol. The first-order valence-corrected chi connectivity index (χ1v) is 14.3. The number of carboxylic acids is 3. The highest BCUT2D eigenvalue weighted by Gasteiger charge is 2.39. The second-order valence-corrected chi connectivity index (χ2v) is 10.7. The van der Waals surface area contributed by atoms with E-state index in [1.165, 1.54) is 5.56 Å². The summed E-state index contributed by atoms with van der Waals surface area (Å²) in [6.07, 6.45) is 4.73. The second-order valence-electron chi connectivity index (χ2n) is 10.7. The Balaban J connectivity index is 0.000000557. The Morgan fingerprint density at radius 2 is 1.91 bits per heavy atom. The van der Waals surface area contributed by atoms with Crippen molar-refractivity contribution in [3.8, 4) is 5.75 Å². The van der Waals surface area contributed by atoms with E-state index in [9.17, 15) is 19.5 Å². The molecule has 0 amide bonds. The second kappa shape index (κ2) is 16.6. The SMILES string of the molecule is COCCOc1cccc([C@H](CC(=O)O)CN2CC[C@@](F)(CCc3ccc4c(n3)NCCC4)C2)c1.O=C(O)/C=C\C(=O)O. The molecule has 234 valence electrons. The largest absolute Gasteiger partial charge is 0.491 e. The smallest absolute Gasteiger partial charge is 0.328 e. The van der Waals surface area contributed by atoms with Crippen molar-refractivity contribution >= 4 is 23.7 Å². The number of carbonyl (C=O) groups is 3. The third kappa shape index (κ3) is 11.6. The zero-order valence-electron chi connectivity index (χ0n) is 24.3. The van der Waals surface area contributed by atoms with Crippen molar-refractivity contribution in [3.05, 3.63) is 65.4 Å². The molecule has 1 saturated heterocycles. The van der Waals surface area contributed by atoms with Crippen LogP contribution in [0.1, 0.15) is 48.4 Å². The molecule has 43 heavy (non-hydrogen) atoms. The number of pyridine rings is 1. The number of aliphatic carboxylic acids is 3. The molecule has 0 saturated carbocycles. The van der Waals surface area contributed by atoms with Crippen LogP contribution in [0.3, 0.4) is 0 Å². The Morgan fingerprint density at radius 3 is 2.60 bits per heavy atom. The number of carboxylic acid groups (broad SMARTS) is 3. The summed E-state index contributed by atoms with van der Waals surface area (Å²) in [5, 5.41) is 28.5. The number of hydrogen-bond donors (Lipinski definition) is 4. The molecule has 0 aliphatic carbocycles. The summed E-state index contributed by atoms with van der Waals surface area (Å²) in [7, 11) is 1.62. The topological polar surface area (TPSA) is 159 Å². The summed E-state index contributed by atoms with van der Waals surface area (Å²) in [5.74, 6) is -1.99. The van der Waals surface area contributed by atoms with Crippen LogP contribution in [0, 0.1) is 0 Å². The molecule has 0 spiro atoms. The monoisotopic (exact) mass is 601 g/mol. The first-order chi connectivity index (χ1) is 20.6. The van der Waals surface area contributed by atoms with Crippen molar-refractivity contribution < 1.29 is 43.6 Å². The quantitative estimate of drug-likeness (QED) is 0.184. The van der Waals surface area contributed by atoms with E-state index in [1.807, 2.05) is 30.3 Å². The fraction of sp³-hybridized carbons (Fsp3) is 0.484. The Labute approximate surface area is 250 Å². The van der Waals surface area contributed by atoms with Crippen molar-refractivity contribution in [2.75, 3.05) is 51.8 Å². The lowest BCUT2D eigenvalue weighted by Crippen LogP contribution is -2.32. The van der Waals surface area contributed by atoms with Gasteiger partial charge in [-0.2, -0.15) is 0 Å². The van der Waals surface area contributed by atoms with Gasteiger partial charge in [0.1, 0.15) is 23.8 Å². The maximum atomic E-state index is 15.7. The fourth-order valence-electron chi connectivity index (χ4n) is 5.19. The number of hydrogen-bond acceptors (Lipinski definition) is 8. The van der Waals surface area contributed by atoms with Gasteiger partial charge in [0.2, 0.25) is 0 Å². The number of methoxy groups -OCH3 is 1. The molecule has 4 rings (SSSR count). The molecule has 0 bridgehead atoms. The molecular weight excluding hydrogens is 561 g/mol. The number of aromatic nitrogens is 1. The van der Waals surface area contributed by atoms with Gasteiger partial charge >= 0.3 is 17.9 Å². The number of nitrogens with zero attached hydrogens (tertiary/aromatic N) is 2. The number of nitrogens with one attached hydrogen (secondary N) is 1. The van der Waals surface area contributed by atoms with Gasteiger partial charge in [-0.3, -0.25) is 9.69 Å². The van der Waals surface area contributed by atoms with E-state index >= 15 is 4.39 Å². The molecule has 2 aliphatic rings. The van der Waals surface area contributed by atoms with E-state index in [-0.39, 0.29) is 12.3 Å². The van der Waals surface area contributed by atoms with Crippen LogP contribution < -0.4 is 10.1 Å². The lowest BCUT2D eigenvalue weighted by molar-refractivity contribution is -0.137. The summed E-state index contributed by atoms with van der Waals surface area (Å²) in [6.45, 7) is 3.28. The maximum Gasteiger partial charge on any atom is 0.328 e. The summed E-state index contributed by atoms with van der Waals surface area (Å²) >= 11 is 0. The molecule has 4 N–H and O–H groups in total. The van der Waals surface area contributed by atoms with E-state index in [0.29, 0.717) is 70.0 Å². The van der Waals surface area contributed by atoms with Crippen molar-refractivity contribution in [3.63, 3.8) is 0 Å². The van der Waals surface area contributed by atoms with Crippen LogP contribution in [-0.2, 0) is 32.0 Å². The minimum Gasteiger partial charge on any atom is -0.491 e. The van der Waals surface area contributed by atoms with Crippen LogP contribution >= 0.6 is 0 Å². The molecule has 2 aliphatic heterocycles. The van der Waals surface area contributed by atoms with Crippen molar-refractivity contribution in [1.29, 1.82) is 0 Å². The molecule has 2 aromatic rings. The number of likely N-dealkylation sites (tertiary alicyclic amines) is 1. The van der Waals surface area contributed by atoms with Gasteiger partial charge in [-0.1, -0.05) is 18.2 Å². The van der Waals surface area contributed by atoms with Gasteiger partial charge in [-0.05, 0) is 61.4 Å². The summed E-state index contributed by atoms with van der Waals surface area (Å²) in [4.78, 5) is 37.5. The number of halogens is 1. The third-order valence-electron chi connectivity index (χ3n) is 7.32. The number of anilines is 1. The zero-order valence-corrected chi connectivity index (χ0v) is 24.3. The van der Waals surface area contributed by atoms with Gasteiger partial charge in [-0.15, -0.1) is 0 Å². The predicted octanol–water partition coefficient (Wildman–Crippen LogP) is 3.78. The number of alkyl halides is 1. The highest BCUT2D eigenvalue weighted by Crippen LogP contribution is 2.33. The van der Waals surface area contributed by atoms with Crippen molar-refractivity contribution in [2.24, 2.45) is 0 Å². The Hall–Kier alpha value is -4.03. The molecule has 2 atom stereocenters. The molecule has 3 heterocycles. The summed E-state index contributed by atoms with van der Waals surface area (Å²) < 4.78 is 26.4. The van der Waals surface area contributed by atoms with Gasteiger partial charge in [0, 0.05) is 57.1 Å². The molecule has 12 heteroatoms. The Bertz CT molecular complexity index is 1260. The average molecular weight is 602 g/mol. The molecule has 1 aromatic heterocycles. The highest BCUT2D eigenvalue weighted by molar-refractivity contribution is 5.89. The third-order valence-corrected chi connectivity index (χ3v) is 7.32. The number of benzene rings is 1. The molecule has 0 unspecified atom stereocenters. The lowest BCUT2D eigenvalue weighted by Gasteiger charge is -2.25. The van der Waals surface area contributed by atoms with Crippen LogP contribution in [0.4, 0.5) is 10.2 Å². The van der Waals surface area contributed by atoms with Gasteiger partial charge in [0.05, 0.1) is 13.0 Å². The van der Waals surface area contributed by atoms with Crippen LogP contribution in [0.15, 0.2) is 48.6 Å². The van der Waals surface area contributed by atoms with E-state index in [0.717, 1.165) is 36.5 Å². The number of ether oxygens (including phenoxy) is 2. The zero-order chi connectivity index (χ0) is 31.2. The van der Waals surface area contributed by atoms with E-state index in [1.54, 1.807) is 7.11 Å². The summed E-state index contributed by atoms with van der Waals surface area (Å²) in [6, 6.07) is 11.7. The first kappa shape index (κ1) is 33.5. The van der Waals surface area contributed by atoms with Gasteiger partial charge in [0.15, 0.2) is 0 Å². The van der Waals surface area contributed by atoms with E-state index < -0.39 is 23.6 Å². The van der Waals surface area contributed by atoms with Crippen LogP contribution in [0.5, 0.6) is 5.75 Å². The molecular formula is C31H40FN3O8. The minimum absolute atomic E-state index is 0.0106. The molecule has 1 fully saturated rings. The fourth-order valence-corrected chi connectivity index (χ4v) is 5.19. The summed E-state index contributed by atoms with van der Waals surface area (Å²) in [5.41, 5.74) is 1.76. The highest BCUT2D eigenvalue weighted by atomic mass is 19.1. The Kier molecular flexibility index (Phi) is 12.9. The van der Waals surface area contributed by atoms with Gasteiger partial charge < -0.3 is 30.1 Å². The van der Waals surface area contributed by atoms with Crippen LogP contribution in [0.2, 0.25) is 0 Å². The number of rotatable bonds is 14. The van der Waals surface area contributed by atoms with Crippen LogP contribution in [-0.4, -0.2) is 95.3 Å². The number of aryl methyl sites for hydroxylation is 2. The average Bonchev–Trinajstić information content (AvgIpc) is 3.35. The van der Waals surface area contributed by atoms with E-state index in [2.05, 4.69) is 16.3 Å². The first-order valence-electron chi connectivity index (χ1n) is 14.3. The maximum absolute atomic E-state index is 15.7. The molecule has 0 radical (unpaired) electrons.